The minimum Gasteiger partial charge on any atom is -0.480 e. The van der Waals surface area contributed by atoms with E-state index in [1.807, 2.05) is 35.2 Å². The first-order valence-electron chi connectivity index (χ1n) is 6.83. The van der Waals surface area contributed by atoms with E-state index in [-0.39, 0.29) is 12.5 Å². The zero-order chi connectivity index (χ0) is 15.5. The summed E-state index contributed by atoms with van der Waals surface area (Å²) in [5.41, 5.74) is 5.49. The number of rotatable bonds is 5. The predicted molar refractivity (Wildman–Crippen MR) is 76.8 cm³/mol. The molecule has 1 heterocycles. The Kier molecular flexibility index (Phi) is 4.59. The molecule has 1 aromatic carbocycles. The van der Waals surface area contributed by atoms with E-state index >= 15 is 0 Å². The number of benzene rings is 1. The lowest BCUT2D eigenvalue weighted by molar-refractivity contribution is -0.142. The van der Waals surface area contributed by atoms with E-state index in [1.165, 1.54) is 7.11 Å². The number of aliphatic carboxylic acids is 1. The Hall–Kier alpha value is -1.92. The molecule has 6 nitrogen and oxygen atoms in total. The first-order valence-corrected chi connectivity index (χ1v) is 6.83. The van der Waals surface area contributed by atoms with Crippen molar-refractivity contribution in [3.8, 4) is 0 Å². The molecule has 2 unspecified atom stereocenters. The third-order valence-electron chi connectivity index (χ3n) is 3.93. The van der Waals surface area contributed by atoms with Crippen molar-refractivity contribution in [2.75, 3.05) is 26.7 Å². The fraction of sp³-hybridized carbons (Fsp3) is 0.467. The van der Waals surface area contributed by atoms with Gasteiger partial charge in [-0.25, -0.2) is 0 Å². The molecule has 1 aliphatic rings. The van der Waals surface area contributed by atoms with E-state index in [0.717, 1.165) is 5.56 Å². The summed E-state index contributed by atoms with van der Waals surface area (Å²) in [7, 11) is 1.35. The number of carbonyl (C=O) groups is 2. The second kappa shape index (κ2) is 6.24. The lowest BCUT2D eigenvalue weighted by atomic mass is 9.98. The summed E-state index contributed by atoms with van der Waals surface area (Å²) in [6.45, 7) is 1.20. The standard InChI is InChI=1S/C15H20N2O4/c1-21-13(18)12(11-5-3-2-4-6-11)9-17-8-7-15(16,10-17)14(19)20/h2-6,12H,7-10,16H2,1H3,(H,19,20). The smallest absolute Gasteiger partial charge is 0.325 e. The Morgan fingerprint density at radius 3 is 2.62 bits per heavy atom. The highest BCUT2D eigenvalue weighted by Crippen LogP contribution is 2.24. The van der Waals surface area contributed by atoms with E-state index in [0.29, 0.717) is 19.5 Å². The molecule has 1 fully saturated rings. The largest absolute Gasteiger partial charge is 0.480 e. The van der Waals surface area contributed by atoms with Crippen LogP contribution >= 0.6 is 0 Å². The van der Waals surface area contributed by atoms with Crippen molar-refractivity contribution in [3.63, 3.8) is 0 Å². The van der Waals surface area contributed by atoms with Gasteiger partial charge in [0, 0.05) is 19.6 Å². The first kappa shape index (κ1) is 15.5. The molecule has 0 spiro atoms. The maximum Gasteiger partial charge on any atom is 0.325 e. The third-order valence-corrected chi connectivity index (χ3v) is 3.93. The molecule has 114 valence electrons. The molecule has 0 aliphatic carbocycles. The molecule has 6 heteroatoms. The molecule has 1 saturated heterocycles. The second-order valence-electron chi connectivity index (χ2n) is 5.43. The van der Waals surface area contributed by atoms with E-state index < -0.39 is 17.4 Å². The van der Waals surface area contributed by atoms with Crippen LogP contribution in [0.1, 0.15) is 17.9 Å². The maximum atomic E-state index is 12.0. The summed E-state index contributed by atoms with van der Waals surface area (Å²) in [6, 6.07) is 9.33. The number of methoxy groups -OCH3 is 1. The van der Waals surface area contributed by atoms with Gasteiger partial charge in [-0.05, 0) is 12.0 Å². The molecule has 0 saturated carbocycles. The highest BCUT2D eigenvalue weighted by molar-refractivity contribution is 5.80. The van der Waals surface area contributed by atoms with Gasteiger partial charge >= 0.3 is 11.9 Å². The molecule has 2 rings (SSSR count). The number of carbonyl (C=O) groups excluding carboxylic acids is 1. The van der Waals surface area contributed by atoms with Crippen LogP contribution in [0.2, 0.25) is 0 Å². The van der Waals surface area contributed by atoms with Crippen molar-refractivity contribution < 1.29 is 19.4 Å². The normalized spacial score (nSPS) is 23.7. The van der Waals surface area contributed by atoms with Crippen molar-refractivity contribution >= 4 is 11.9 Å². The minimum atomic E-state index is -1.22. The molecule has 0 radical (unpaired) electrons. The number of hydrogen-bond donors (Lipinski definition) is 2. The van der Waals surface area contributed by atoms with Crippen LogP contribution in [-0.4, -0.2) is 54.2 Å². The summed E-state index contributed by atoms with van der Waals surface area (Å²) in [5.74, 6) is -1.77. The fourth-order valence-corrected chi connectivity index (χ4v) is 2.65. The lowest BCUT2D eigenvalue weighted by Crippen LogP contribution is -2.50. The highest BCUT2D eigenvalue weighted by Gasteiger charge is 2.42. The predicted octanol–water partition coefficient (Wildman–Crippen LogP) is 0.431. The van der Waals surface area contributed by atoms with Gasteiger partial charge in [0.25, 0.3) is 0 Å². The number of hydrogen-bond acceptors (Lipinski definition) is 5. The van der Waals surface area contributed by atoms with Gasteiger partial charge in [-0.1, -0.05) is 30.3 Å². The van der Waals surface area contributed by atoms with Crippen LogP contribution < -0.4 is 5.73 Å². The number of likely N-dealkylation sites (tertiary alicyclic amines) is 1. The van der Waals surface area contributed by atoms with Gasteiger partial charge in [-0.15, -0.1) is 0 Å². The zero-order valence-electron chi connectivity index (χ0n) is 12.0. The number of carboxylic acid groups (broad SMARTS) is 1. The molecule has 0 aromatic heterocycles. The van der Waals surface area contributed by atoms with E-state index in [1.54, 1.807) is 0 Å². The van der Waals surface area contributed by atoms with Gasteiger partial charge in [0.1, 0.15) is 5.54 Å². The number of nitrogens with zero attached hydrogens (tertiary/aromatic N) is 1. The van der Waals surface area contributed by atoms with Crippen LogP contribution in [0.4, 0.5) is 0 Å². The molecule has 0 amide bonds. The van der Waals surface area contributed by atoms with Crippen molar-refractivity contribution in [2.45, 2.75) is 17.9 Å². The van der Waals surface area contributed by atoms with Crippen molar-refractivity contribution in [3.05, 3.63) is 35.9 Å². The van der Waals surface area contributed by atoms with Gasteiger partial charge in [0.2, 0.25) is 0 Å². The molecule has 1 aliphatic heterocycles. The highest BCUT2D eigenvalue weighted by atomic mass is 16.5. The average molecular weight is 292 g/mol. The molecule has 0 bridgehead atoms. The number of nitrogens with two attached hydrogens (primary N) is 1. The summed E-state index contributed by atoms with van der Waals surface area (Å²) in [6.07, 6.45) is 0.380. The maximum absolute atomic E-state index is 12.0. The van der Waals surface area contributed by atoms with Crippen LogP contribution in [0.5, 0.6) is 0 Å². The summed E-state index contributed by atoms with van der Waals surface area (Å²) in [5, 5.41) is 9.15. The van der Waals surface area contributed by atoms with Crippen molar-refractivity contribution in [2.24, 2.45) is 5.73 Å². The summed E-state index contributed by atoms with van der Waals surface area (Å²) in [4.78, 5) is 25.1. The fourth-order valence-electron chi connectivity index (χ4n) is 2.65. The minimum absolute atomic E-state index is 0.239. The lowest BCUT2D eigenvalue weighted by Gasteiger charge is -2.24. The Balaban J connectivity index is 2.11. The van der Waals surface area contributed by atoms with Gasteiger partial charge in [-0.3, -0.25) is 14.5 Å². The average Bonchev–Trinajstić information content (AvgIpc) is 2.88. The first-order chi connectivity index (χ1) is 9.96. The molecule has 3 N–H and O–H groups in total. The van der Waals surface area contributed by atoms with Gasteiger partial charge < -0.3 is 15.6 Å². The zero-order valence-corrected chi connectivity index (χ0v) is 12.0. The van der Waals surface area contributed by atoms with Gasteiger partial charge in [0.15, 0.2) is 0 Å². The van der Waals surface area contributed by atoms with Crippen LogP contribution in [0.25, 0.3) is 0 Å². The number of ether oxygens (including phenoxy) is 1. The quantitative estimate of drug-likeness (QED) is 0.765. The number of carboxylic acids is 1. The van der Waals surface area contributed by atoms with E-state index in [2.05, 4.69) is 0 Å². The van der Waals surface area contributed by atoms with Gasteiger partial charge in [-0.2, -0.15) is 0 Å². The monoisotopic (exact) mass is 292 g/mol. The number of esters is 1. The SMILES string of the molecule is COC(=O)C(CN1CCC(N)(C(=O)O)C1)c1ccccc1. The summed E-state index contributed by atoms with van der Waals surface area (Å²) < 4.78 is 4.86. The van der Waals surface area contributed by atoms with E-state index in [9.17, 15) is 9.59 Å². The molecule has 1 aromatic rings. The molecular weight excluding hydrogens is 272 g/mol. The molecule has 21 heavy (non-hydrogen) atoms. The second-order valence-corrected chi connectivity index (χ2v) is 5.43. The van der Waals surface area contributed by atoms with Crippen molar-refractivity contribution in [1.82, 2.24) is 4.90 Å². The van der Waals surface area contributed by atoms with Crippen LogP contribution in [0, 0.1) is 0 Å². The molecule has 2 atom stereocenters. The Labute approximate surface area is 123 Å². The Morgan fingerprint density at radius 2 is 2.10 bits per heavy atom. The third kappa shape index (κ3) is 3.40. The van der Waals surface area contributed by atoms with Crippen molar-refractivity contribution in [1.29, 1.82) is 0 Å². The van der Waals surface area contributed by atoms with Crippen LogP contribution in [0.3, 0.4) is 0 Å². The Bertz CT molecular complexity index is 520. The topological polar surface area (TPSA) is 92.9 Å². The van der Waals surface area contributed by atoms with Crippen LogP contribution in [-0.2, 0) is 14.3 Å². The summed E-state index contributed by atoms with van der Waals surface area (Å²) >= 11 is 0. The molecular formula is C15H20N2O4. The van der Waals surface area contributed by atoms with Crippen LogP contribution in [0.15, 0.2) is 30.3 Å². The Morgan fingerprint density at radius 1 is 1.43 bits per heavy atom. The van der Waals surface area contributed by atoms with Gasteiger partial charge in [0.05, 0.1) is 13.0 Å². The van der Waals surface area contributed by atoms with E-state index in [4.69, 9.17) is 15.6 Å².